The third kappa shape index (κ3) is 2.65. The third-order valence-corrected chi connectivity index (χ3v) is 5.02. The Kier molecular flexibility index (Phi) is 3.43. The van der Waals surface area contributed by atoms with E-state index in [2.05, 4.69) is 20.4 Å². The van der Waals surface area contributed by atoms with Crippen molar-refractivity contribution < 1.29 is 0 Å². The first-order valence-electron chi connectivity index (χ1n) is 8.80. The van der Waals surface area contributed by atoms with E-state index in [1.807, 2.05) is 16.8 Å². The lowest BCUT2D eigenvalue weighted by atomic mass is 10.1. The summed E-state index contributed by atoms with van der Waals surface area (Å²) < 4.78 is 1.99. The van der Waals surface area contributed by atoms with Crippen LogP contribution < -0.4 is 5.32 Å². The topological polar surface area (TPSA) is 81.4 Å². The molecule has 126 valence electrons. The summed E-state index contributed by atoms with van der Waals surface area (Å²) in [5, 5.41) is 7.98. The number of fused-ring (bicyclic) bond motifs is 2. The van der Waals surface area contributed by atoms with Crippen LogP contribution in [0.25, 0.3) is 11.4 Å². The molecule has 0 saturated heterocycles. The number of pyridine rings is 1. The molecule has 4 heterocycles. The fraction of sp³-hybridized carbons (Fsp3) is 0.389. The molecule has 5 rings (SSSR count). The van der Waals surface area contributed by atoms with Gasteiger partial charge in [-0.15, -0.1) is 0 Å². The number of anilines is 1. The second kappa shape index (κ2) is 5.91. The van der Waals surface area contributed by atoms with Gasteiger partial charge < -0.3 is 5.32 Å². The second-order valence-corrected chi connectivity index (χ2v) is 6.65. The molecule has 1 aliphatic carbocycles. The minimum atomic E-state index is 0.319. The van der Waals surface area contributed by atoms with Crippen LogP contribution in [0.2, 0.25) is 0 Å². The Morgan fingerprint density at radius 1 is 1.08 bits per heavy atom. The minimum absolute atomic E-state index is 0.319. The van der Waals surface area contributed by atoms with Gasteiger partial charge in [-0.3, -0.25) is 4.98 Å². The predicted molar refractivity (Wildman–Crippen MR) is 93.0 cm³/mol. The summed E-state index contributed by atoms with van der Waals surface area (Å²) in [6, 6.07) is 4.24. The van der Waals surface area contributed by atoms with E-state index < -0.39 is 0 Å². The van der Waals surface area contributed by atoms with E-state index in [0.29, 0.717) is 6.04 Å². The Morgan fingerprint density at radius 3 is 2.92 bits per heavy atom. The zero-order chi connectivity index (χ0) is 16.6. The SMILES string of the molecule is c1cc(-c2nc3c(c(NC4CCc5ncnn5C4)n2)CCC3)ccn1. The fourth-order valence-corrected chi connectivity index (χ4v) is 3.73. The molecule has 1 N–H and O–H groups in total. The summed E-state index contributed by atoms with van der Waals surface area (Å²) in [6.07, 6.45) is 10.4. The van der Waals surface area contributed by atoms with Crippen LogP contribution in [0.1, 0.15) is 29.9 Å². The number of aromatic nitrogens is 6. The molecule has 0 spiro atoms. The lowest BCUT2D eigenvalue weighted by Crippen LogP contribution is -2.32. The van der Waals surface area contributed by atoms with Gasteiger partial charge in [-0.25, -0.2) is 19.6 Å². The highest BCUT2D eigenvalue weighted by Gasteiger charge is 2.24. The number of hydrogen-bond acceptors (Lipinski definition) is 6. The molecule has 0 saturated carbocycles. The number of nitrogens with zero attached hydrogens (tertiary/aromatic N) is 6. The standard InChI is InChI=1S/C18H19N7/c1-2-14-15(3-1)23-17(12-6-8-19-9-7-12)24-18(14)22-13-4-5-16-20-11-21-25(16)10-13/h6-9,11,13H,1-5,10H2,(H,22,23,24). The second-order valence-electron chi connectivity index (χ2n) is 6.65. The van der Waals surface area contributed by atoms with Crippen molar-refractivity contribution in [2.24, 2.45) is 0 Å². The first-order valence-corrected chi connectivity index (χ1v) is 8.80. The van der Waals surface area contributed by atoms with Crippen molar-refractivity contribution in [3.05, 3.63) is 47.9 Å². The lowest BCUT2D eigenvalue weighted by Gasteiger charge is -2.25. The van der Waals surface area contributed by atoms with Crippen LogP contribution in [0.15, 0.2) is 30.9 Å². The number of rotatable bonds is 3. The quantitative estimate of drug-likeness (QED) is 0.790. The Balaban J connectivity index is 1.48. The third-order valence-electron chi connectivity index (χ3n) is 5.02. The van der Waals surface area contributed by atoms with Crippen LogP contribution in [0, 0.1) is 0 Å². The molecule has 0 aromatic carbocycles. The molecular weight excluding hydrogens is 314 g/mol. The van der Waals surface area contributed by atoms with Gasteiger partial charge in [0.2, 0.25) is 0 Å². The van der Waals surface area contributed by atoms with E-state index in [-0.39, 0.29) is 0 Å². The summed E-state index contributed by atoms with van der Waals surface area (Å²) in [6.45, 7) is 0.832. The van der Waals surface area contributed by atoms with Gasteiger partial charge in [-0.2, -0.15) is 5.10 Å². The molecule has 7 nitrogen and oxygen atoms in total. The number of hydrogen-bond donors (Lipinski definition) is 1. The monoisotopic (exact) mass is 333 g/mol. The van der Waals surface area contributed by atoms with Crippen LogP contribution in [-0.4, -0.2) is 35.8 Å². The largest absolute Gasteiger partial charge is 0.365 e. The van der Waals surface area contributed by atoms with Crippen molar-refractivity contribution in [1.82, 2.24) is 29.7 Å². The molecule has 3 aromatic heterocycles. The minimum Gasteiger partial charge on any atom is -0.365 e. The Labute approximate surface area is 145 Å². The van der Waals surface area contributed by atoms with Crippen LogP contribution in [0.4, 0.5) is 5.82 Å². The number of aryl methyl sites for hydroxylation is 2. The highest BCUT2D eigenvalue weighted by molar-refractivity contribution is 5.60. The van der Waals surface area contributed by atoms with Crippen LogP contribution in [0.3, 0.4) is 0 Å². The average molecular weight is 333 g/mol. The fourth-order valence-electron chi connectivity index (χ4n) is 3.73. The first-order chi connectivity index (χ1) is 12.4. The summed E-state index contributed by atoms with van der Waals surface area (Å²) in [7, 11) is 0. The van der Waals surface area contributed by atoms with E-state index in [9.17, 15) is 0 Å². The van der Waals surface area contributed by atoms with Gasteiger partial charge in [-0.05, 0) is 37.8 Å². The van der Waals surface area contributed by atoms with E-state index in [0.717, 1.165) is 61.7 Å². The van der Waals surface area contributed by atoms with Gasteiger partial charge in [0.25, 0.3) is 0 Å². The van der Waals surface area contributed by atoms with Gasteiger partial charge in [0.1, 0.15) is 18.0 Å². The van der Waals surface area contributed by atoms with Crippen molar-refractivity contribution >= 4 is 5.82 Å². The molecule has 3 aromatic rings. The van der Waals surface area contributed by atoms with Gasteiger partial charge in [0.05, 0.1) is 6.54 Å². The molecule has 0 bridgehead atoms. The van der Waals surface area contributed by atoms with Crippen molar-refractivity contribution in [3.63, 3.8) is 0 Å². The molecule has 0 fully saturated rings. The van der Waals surface area contributed by atoms with Crippen LogP contribution >= 0.6 is 0 Å². The Morgan fingerprint density at radius 2 is 2.00 bits per heavy atom. The maximum Gasteiger partial charge on any atom is 0.161 e. The van der Waals surface area contributed by atoms with Gasteiger partial charge in [-0.1, -0.05) is 0 Å². The molecule has 7 heteroatoms. The summed E-state index contributed by atoms with van der Waals surface area (Å²) in [4.78, 5) is 18.0. The smallest absolute Gasteiger partial charge is 0.161 e. The number of nitrogens with one attached hydrogen (secondary N) is 1. The van der Waals surface area contributed by atoms with Gasteiger partial charge in [0.15, 0.2) is 5.82 Å². The van der Waals surface area contributed by atoms with Crippen LogP contribution in [0.5, 0.6) is 0 Å². The molecule has 0 amide bonds. The molecule has 25 heavy (non-hydrogen) atoms. The van der Waals surface area contributed by atoms with Crippen molar-refractivity contribution in [1.29, 1.82) is 0 Å². The van der Waals surface area contributed by atoms with Gasteiger partial charge >= 0.3 is 0 Å². The van der Waals surface area contributed by atoms with E-state index in [1.54, 1.807) is 18.7 Å². The molecule has 1 unspecified atom stereocenters. The molecule has 0 radical (unpaired) electrons. The van der Waals surface area contributed by atoms with E-state index in [1.165, 1.54) is 11.3 Å². The van der Waals surface area contributed by atoms with Crippen molar-refractivity contribution in [3.8, 4) is 11.4 Å². The zero-order valence-corrected chi connectivity index (χ0v) is 13.9. The molecule has 1 aliphatic heterocycles. The summed E-state index contributed by atoms with van der Waals surface area (Å²) >= 11 is 0. The van der Waals surface area contributed by atoms with Crippen molar-refractivity contribution in [2.75, 3.05) is 5.32 Å². The Hall–Kier alpha value is -2.83. The van der Waals surface area contributed by atoms with Crippen LogP contribution in [-0.2, 0) is 25.8 Å². The average Bonchev–Trinajstić information content (AvgIpc) is 3.31. The molecule has 1 atom stereocenters. The maximum absolute atomic E-state index is 4.86. The lowest BCUT2D eigenvalue weighted by molar-refractivity contribution is 0.440. The Bertz CT molecular complexity index is 903. The zero-order valence-electron chi connectivity index (χ0n) is 13.9. The first kappa shape index (κ1) is 14.5. The molecule has 2 aliphatic rings. The normalized spacial score (nSPS) is 18.6. The molecular formula is C18H19N7. The summed E-state index contributed by atoms with van der Waals surface area (Å²) in [5.74, 6) is 2.84. The van der Waals surface area contributed by atoms with Crippen molar-refractivity contribution in [2.45, 2.75) is 44.7 Å². The van der Waals surface area contributed by atoms with Gasteiger partial charge in [0, 0.05) is 41.7 Å². The van der Waals surface area contributed by atoms with E-state index in [4.69, 9.17) is 9.97 Å². The summed E-state index contributed by atoms with van der Waals surface area (Å²) in [5.41, 5.74) is 3.47. The van der Waals surface area contributed by atoms with E-state index >= 15 is 0 Å². The highest BCUT2D eigenvalue weighted by Crippen LogP contribution is 2.30. The predicted octanol–water partition coefficient (Wildman–Crippen LogP) is 2.05. The highest BCUT2D eigenvalue weighted by atomic mass is 15.3. The maximum atomic E-state index is 4.86.